The zero-order valence-electron chi connectivity index (χ0n) is 8.72. The number of hydrogen-bond donors (Lipinski definition) is 2. The maximum Gasteiger partial charge on any atom is 0.216 e. The van der Waals surface area contributed by atoms with Crippen molar-refractivity contribution in [2.45, 2.75) is 26.9 Å². The Bertz CT molecular complexity index is 138. The van der Waals surface area contributed by atoms with Gasteiger partial charge < -0.3 is 15.4 Å². The zero-order valence-corrected chi connectivity index (χ0v) is 8.72. The summed E-state index contributed by atoms with van der Waals surface area (Å²) in [6.07, 6.45) is 0.289. The van der Waals surface area contributed by atoms with Crippen LogP contribution in [0.3, 0.4) is 0 Å². The van der Waals surface area contributed by atoms with E-state index in [2.05, 4.69) is 10.6 Å². The quantitative estimate of drug-likeness (QED) is 0.559. The van der Waals surface area contributed by atoms with Crippen molar-refractivity contribution in [1.82, 2.24) is 10.6 Å². The molecule has 0 aliphatic rings. The van der Waals surface area contributed by atoms with E-state index in [1.165, 1.54) is 6.92 Å². The summed E-state index contributed by atoms with van der Waals surface area (Å²) in [5.74, 6) is 0.0141. The van der Waals surface area contributed by atoms with Crippen molar-refractivity contribution >= 4 is 5.91 Å². The van der Waals surface area contributed by atoms with Crippen LogP contribution in [0.15, 0.2) is 0 Å². The molecule has 0 rings (SSSR count). The summed E-state index contributed by atoms with van der Waals surface area (Å²) in [6.45, 7) is 8.56. The SMILES string of the molecule is CC(=O)NCCNCCOC(C)C. The molecular weight excluding hydrogens is 168 g/mol. The Morgan fingerprint density at radius 2 is 2.00 bits per heavy atom. The van der Waals surface area contributed by atoms with E-state index in [1.807, 2.05) is 13.8 Å². The highest BCUT2D eigenvalue weighted by molar-refractivity contribution is 5.72. The predicted octanol–water partition coefficient (Wildman–Crippen LogP) is 0.137. The molecule has 4 nitrogen and oxygen atoms in total. The minimum Gasteiger partial charge on any atom is -0.377 e. The standard InChI is InChI=1S/C9H20N2O2/c1-8(2)13-7-6-10-4-5-11-9(3)12/h8,10H,4-7H2,1-3H3,(H,11,12). The summed E-state index contributed by atoms with van der Waals surface area (Å²) in [5, 5.41) is 5.86. The highest BCUT2D eigenvalue weighted by atomic mass is 16.5. The van der Waals surface area contributed by atoms with Gasteiger partial charge in [0.05, 0.1) is 12.7 Å². The molecule has 1 amide bonds. The lowest BCUT2D eigenvalue weighted by molar-refractivity contribution is -0.118. The third kappa shape index (κ3) is 11.4. The second-order valence-corrected chi connectivity index (χ2v) is 3.15. The molecule has 0 spiro atoms. The van der Waals surface area contributed by atoms with Crippen molar-refractivity contribution in [1.29, 1.82) is 0 Å². The van der Waals surface area contributed by atoms with Gasteiger partial charge in [0, 0.05) is 26.6 Å². The van der Waals surface area contributed by atoms with Crippen molar-refractivity contribution in [2.75, 3.05) is 26.2 Å². The summed E-state index contributed by atoms with van der Waals surface area (Å²) in [6, 6.07) is 0. The van der Waals surface area contributed by atoms with Crippen molar-refractivity contribution in [3.63, 3.8) is 0 Å². The topological polar surface area (TPSA) is 50.4 Å². The Morgan fingerprint density at radius 3 is 2.54 bits per heavy atom. The molecule has 0 unspecified atom stereocenters. The molecule has 0 aromatic carbocycles. The molecule has 0 saturated heterocycles. The number of ether oxygens (including phenoxy) is 1. The molecule has 78 valence electrons. The smallest absolute Gasteiger partial charge is 0.216 e. The lowest BCUT2D eigenvalue weighted by Gasteiger charge is -2.08. The lowest BCUT2D eigenvalue weighted by atomic mass is 10.5. The summed E-state index contributed by atoms with van der Waals surface area (Å²) in [7, 11) is 0. The largest absolute Gasteiger partial charge is 0.377 e. The first-order valence-electron chi connectivity index (χ1n) is 4.69. The first-order chi connectivity index (χ1) is 6.13. The minimum atomic E-state index is 0.0141. The van der Waals surface area contributed by atoms with Crippen LogP contribution in [0.2, 0.25) is 0 Å². The number of rotatable bonds is 7. The number of amides is 1. The maximum absolute atomic E-state index is 10.5. The van der Waals surface area contributed by atoms with Gasteiger partial charge >= 0.3 is 0 Å². The van der Waals surface area contributed by atoms with Crippen LogP contribution < -0.4 is 10.6 Å². The Morgan fingerprint density at radius 1 is 1.31 bits per heavy atom. The molecule has 0 aromatic rings. The molecule has 0 saturated carbocycles. The van der Waals surface area contributed by atoms with Crippen LogP contribution in [0.5, 0.6) is 0 Å². The lowest BCUT2D eigenvalue weighted by Crippen LogP contribution is -2.32. The average molecular weight is 188 g/mol. The highest BCUT2D eigenvalue weighted by Gasteiger charge is 1.92. The van der Waals surface area contributed by atoms with E-state index in [1.54, 1.807) is 0 Å². The molecule has 0 aliphatic carbocycles. The average Bonchev–Trinajstić information content (AvgIpc) is 2.01. The van der Waals surface area contributed by atoms with Crippen LogP contribution in [-0.4, -0.2) is 38.3 Å². The van der Waals surface area contributed by atoms with Gasteiger partial charge in [-0.25, -0.2) is 0 Å². The van der Waals surface area contributed by atoms with Gasteiger partial charge in [-0.05, 0) is 13.8 Å². The van der Waals surface area contributed by atoms with E-state index < -0.39 is 0 Å². The van der Waals surface area contributed by atoms with Crippen LogP contribution in [-0.2, 0) is 9.53 Å². The number of carbonyl (C=O) groups is 1. The van der Waals surface area contributed by atoms with Gasteiger partial charge in [0.25, 0.3) is 0 Å². The van der Waals surface area contributed by atoms with Gasteiger partial charge in [0.15, 0.2) is 0 Å². The van der Waals surface area contributed by atoms with Gasteiger partial charge in [0.2, 0.25) is 5.91 Å². The fraction of sp³-hybridized carbons (Fsp3) is 0.889. The second-order valence-electron chi connectivity index (χ2n) is 3.15. The van der Waals surface area contributed by atoms with E-state index in [9.17, 15) is 4.79 Å². The second kappa shape index (κ2) is 8.01. The van der Waals surface area contributed by atoms with Gasteiger partial charge in [-0.2, -0.15) is 0 Å². The molecule has 0 aliphatic heterocycles. The molecular formula is C9H20N2O2. The molecule has 13 heavy (non-hydrogen) atoms. The van der Waals surface area contributed by atoms with E-state index >= 15 is 0 Å². The van der Waals surface area contributed by atoms with Gasteiger partial charge in [-0.1, -0.05) is 0 Å². The van der Waals surface area contributed by atoms with Gasteiger partial charge in [-0.15, -0.1) is 0 Å². The maximum atomic E-state index is 10.5. The van der Waals surface area contributed by atoms with Crippen molar-refractivity contribution < 1.29 is 9.53 Å². The first kappa shape index (κ1) is 12.4. The molecule has 0 fully saturated rings. The molecule has 0 aromatic heterocycles. The predicted molar refractivity (Wildman–Crippen MR) is 52.6 cm³/mol. The van der Waals surface area contributed by atoms with Crippen molar-refractivity contribution in [3.05, 3.63) is 0 Å². The van der Waals surface area contributed by atoms with Crippen molar-refractivity contribution in [2.24, 2.45) is 0 Å². The molecule has 0 heterocycles. The molecule has 0 radical (unpaired) electrons. The van der Waals surface area contributed by atoms with Crippen LogP contribution >= 0.6 is 0 Å². The number of carbonyl (C=O) groups excluding carboxylic acids is 1. The first-order valence-corrected chi connectivity index (χ1v) is 4.69. The van der Waals surface area contributed by atoms with E-state index in [-0.39, 0.29) is 12.0 Å². The fourth-order valence-electron chi connectivity index (χ4n) is 0.819. The Hall–Kier alpha value is -0.610. The summed E-state index contributed by atoms with van der Waals surface area (Å²) in [5.41, 5.74) is 0. The Kier molecular flexibility index (Phi) is 7.63. The minimum absolute atomic E-state index is 0.0141. The summed E-state index contributed by atoms with van der Waals surface area (Å²) >= 11 is 0. The fourth-order valence-corrected chi connectivity index (χ4v) is 0.819. The molecule has 0 bridgehead atoms. The molecule has 0 atom stereocenters. The third-order valence-electron chi connectivity index (χ3n) is 1.41. The summed E-state index contributed by atoms with van der Waals surface area (Å²) < 4.78 is 5.32. The summed E-state index contributed by atoms with van der Waals surface area (Å²) in [4.78, 5) is 10.5. The Balaban J connectivity index is 2.96. The van der Waals surface area contributed by atoms with Gasteiger partial charge in [-0.3, -0.25) is 4.79 Å². The van der Waals surface area contributed by atoms with E-state index in [0.717, 1.165) is 19.7 Å². The van der Waals surface area contributed by atoms with Crippen LogP contribution in [0.25, 0.3) is 0 Å². The van der Waals surface area contributed by atoms with Gasteiger partial charge in [0.1, 0.15) is 0 Å². The molecule has 2 N–H and O–H groups in total. The van der Waals surface area contributed by atoms with Crippen molar-refractivity contribution in [3.8, 4) is 0 Å². The third-order valence-corrected chi connectivity index (χ3v) is 1.41. The number of nitrogens with one attached hydrogen (secondary N) is 2. The zero-order chi connectivity index (χ0) is 10.1. The van der Waals surface area contributed by atoms with E-state index in [4.69, 9.17) is 4.74 Å². The normalized spacial score (nSPS) is 10.5. The van der Waals surface area contributed by atoms with E-state index in [0.29, 0.717) is 6.54 Å². The highest BCUT2D eigenvalue weighted by Crippen LogP contribution is 1.84. The van der Waals surface area contributed by atoms with Crippen LogP contribution in [0.4, 0.5) is 0 Å². The Labute approximate surface area is 80.0 Å². The molecule has 4 heteroatoms. The monoisotopic (exact) mass is 188 g/mol. The van der Waals surface area contributed by atoms with Crippen LogP contribution in [0.1, 0.15) is 20.8 Å². The number of hydrogen-bond acceptors (Lipinski definition) is 3. The van der Waals surface area contributed by atoms with Crippen LogP contribution in [0, 0.1) is 0 Å².